The van der Waals surface area contributed by atoms with Gasteiger partial charge in [0.2, 0.25) is 0 Å². The molecule has 106 valence electrons. The Bertz CT molecular complexity index is 431. The molecule has 0 saturated heterocycles. The molecular formula is C17H26FN. The normalized spacial score (nSPS) is 30.9. The Morgan fingerprint density at radius 3 is 2.58 bits per heavy atom. The first-order valence-corrected chi connectivity index (χ1v) is 7.52. The molecule has 1 aromatic rings. The minimum absolute atomic E-state index is 0.182. The van der Waals surface area contributed by atoms with Crippen molar-refractivity contribution >= 4 is 0 Å². The fraction of sp³-hybridized carbons (Fsp3) is 0.647. The number of hydrogen-bond donors (Lipinski definition) is 1. The number of nitrogens with two attached hydrogens (primary N) is 1. The summed E-state index contributed by atoms with van der Waals surface area (Å²) in [6.45, 7) is 6.76. The van der Waals surface area contributed by atoms with E-state index in [0.717, 1.165) is 30.7 Å². The lowest BCUT2D eigenvalue weighted by Crippen LogP contribution is -2.46. The molecule has 1 aromatic carbocycles. The monoisotopic (exact) mass is 263 g/mol. The number of rotatable bonds is 3. The van der Waals surface area contributed by atoms with Gasteiger partial charge >= 0.3 is 0 Å². The average molecular weight is 263 g/mol. The lowest BCUT2D eigenvalue weighted by molar-refractivity contribution is 0.128. The molecular weight excluding hydrogens is 237 g/mol. The Morgan fingerprint density at radius 2 is 2.00 bits per heavy atom. The summed E-state index contributed by atoms with van der Waals surface area (Å²) in [5.74, 6) is 1.77. The first-order valence-electron chi connectivity index (χ1n) is 7.52. The van der Waals surface area contributed by atoms with Crippen molar-refractivity contribution in [3.8, 4) is 0 Å². The van der Waals surface area contributed by atoms with E-state index in [-0.39, 0.29) is 11.4 Å². The second-order valence-corrected chi connectivity index (χ2v) is 6.37. The van der Waals surface area contributed by atoms with Crippen LogP contribution < -0.4 is 5.73 Å². The molecule has 1 saturated carbocycles. The van der Waals surface area contributed by atoms with Crippen molar-refractivity contribution in [1.82, 2.24) is 0 Å². The number of benzene rings is 1. The van der Waals surface area contributed by atoms with Gasteiger partial charge in [-0.2, -0.15) is 0 Å². The van der Waals surface area contributed by atoms with E-state index < -0.39 is 0 Å². The minimum Gasteiger partial charge on any atom is -0.321 e. The van der Waals surface area contributed by atoms with Gasteiger partial charge in [-0.15, -0.1) is 0 Å². The summed E-state index contributed by atoms with van der Waals surface area (Å²) in [5, 5.41) is 0. The third-order valence-electron chi connectivity index (χ3n) is 5.27. The van der Waals surface area contributed by atoms with E-state index in [1.165, 1.54) is 12.5 Å². The summed E-state index contributed by atoms with van der Waals surface area (Å²) in [5.41, 5.74) is 7.28. The average Bonchev–Trinajstić information content (AvgIpc) is 2.41. The largest absolute Gasteiger partial charge is 0.321 e. The minimum atomic E-state index is -0.378. The van der Waals surface area contributed by atoms with E-state index in [9.17, 15) is 4.39 Å². The predicted molar refractivity (Wildman–Crippen MR) is 78.2 cm³/mol. The third-order valence-corrected chi connectivity index (χ3v) is 5.27. The Hall–Kier alpha value is -0.890. The Balaban J connectivity index is 2.27. The van der Waals surface area contributed by atoms with Gasteiger partial charge in [0.25, 0.3) is 0 Å². The maximum atomic E-state index is 13.5. The molecule has 2 rings (SSSR count). The van der Waals surface area contributed by atoms with Crippen LogP contribution in [0.2, 0.25) is 0 Å². The highest BCUT2D eigenvalue weighted by molar-refractivity contribution is 5.26. The van der Waals surface area contributed by atoms with Crippen molar-refractivity contribution in [3.63, 3.8) is 0 Å². The maximum absolute atomic E-state index is 13.5. The van der Waals surface area contributed by atoms with Crippen LogP contribution in [-0.2, 0) is 5.54 Å². The van der Waals surface area contributed by atoms with Crippen LogP contribution >= 0.6 is 0 Å². The molecule has 1 aliphatic rings. The summed E-state index contributed by atoms with van der Waals surface area (Å²) >= 11 is 0. The van der Waals surface area contributed by atoms with Crippen molar-refractivity contribution in [1.29, 1.82) is 0 Å². The van der Waals surface area contributed by atoms with Crippen LogP contribution in [0.4, 0.5) is 4.39 Å². The molecule has 4 unspecified atom stereocenters. The van der Waals surface area contributed by atoms with Gasteiger partial charge in [-0.1, -0.05) is 39.3 Å². The Morgan fingerprint density at radius 1 is 1.26 bits per heavy atom. The quantitative estimate of drug-likeness (QED) is 0.856. The van der Waals surface area contributed by atoms with Gasteiger partial charge in [-0.05, 0) is 54.7 Å². The Kier molecular flexibility index (Phi) is 4.29. The van der Waals surface area contributed by atoms with Crippen LogP contribution in [-0.4, -0.2) is 0 Å². The van der Waals surface area contributed by atoms with Gasteiger partial charge in [-0.25, -0.2) is 4.39 Å². The maximum Gasteiger partial charge on any atom is 0.123 e. The van der Waals surface area contributed by atoms with Crippen molar-refractivity contribution in [3.05, 3.63) is 35.6 Å². The molecule has 0 spiro atoms. The molecule has 4 atom stereocenters. The molecule has 2 heteroatoms. The molecule has 0 aliphatic heterocycles. The van der Waals surface area contributed by atoms with Gasteiger partial charge in [0, 0.05) is 5.54 Å². The molecule has 2 N–H and O–H groups in total. The lowest BCUT2D eigenvalue weighted by atomic mass is 9.65. The molecule has 1 aliphatic carbocycles. The lowest BCUT2D eigenvalue weighted by Gasteiger charge is -2.43. The van der Waals surface area contributed by atoms with Gasteiger partial charge < -0.3 is 5.73 Å². The number of hydrogen-bond acceptors (Lipinski definition) is 1. The van der Waals surface area contributed by atoms with Crippen molar-refractivity contribution < 1.29 is 4.39 Å². The zero-order chi connectivity index (χ0) is 14.0. The molecule has 0 heterocycles. The molecule has 1 fully saturated rings. The van der Waals surface area contributed by atoms with E-state index >= 15 is 0 Å². The van der Waals surface area contributed by atoms with Crippen molar-refractivity contribution in [2.75, 3.05) is 0 Å². The summed E-state index contributed by atoms with van der Waals surface area (Å²) in [6, 6.07) is 6.86. The van der Waals surface area contributed by atoms with Crippen molar-refractivity contribution in [2.24, 2.45) is 23.5 Å². The first kappa shape index (κ1) is 14.5. The second-order valence-electron chi connectivity index (χ2n) is 6.37. The smallest absolute Gasteiger partial charge is 0.123 e. The molecule has 0 radical (unpaired) electrons. The zero-order valence-electron chi connectivity index (χ0n) is 12.3. The van der Waals surface area contributed by atoms with E-state index in [1.807, 2.05) is 6.07 Å². The van der Waals surface area contributed by atoms with Crippen molar-refractivity contribution in [2.45, 2.75) is 52.0 Å². The SMILES string of the molecule is CCC(N)(c1cccc(F)c1)C1CCC(C)C(C)C1. The Labute approximate surface area is 116 Å². The van der Waals surface area contributed by atoms with Crippen LogP contribution in [0.5, 0.6) is 0 Å². The molecule has 0 aromatic heterocycles. The van der Waals surface area contributed by atoms with E-state index in [1.54, 1.807) is 12.1 Å². The highest BCUT2D eigenvalue weighted by Crippen LogP contribution is 2.43. The fourth-order valence-electron chi connectivity index (χ4n) is 3.52. The summed E-state index contributed by atoms with van der Waals surface area (Å²) in [7, 11) is 0. The molecule has 0 amide bonds. The highest BCUT2D eigenvalue weighted by Gasteiger charge is 2.39. The molecule has 1 nitrogen and oxygen atoms in total. The van der Waals surface area contributed by atoms with E-state index in [4.69, 9.17) is 5.73 Å². The highest BCUT2D eigenvalue weighted by atomic mass is 19.1. The standard InChI is InChI=1S/C17H26FN/c1-4-17(19,14-6-5-7-16(18)11-14)15-9-8-12(2)13(3)10-15/h5-7,11-13,15H,4,8-10,19H2,1-3H3. The fourth-order valence-corrected chi connectivity index (χ4v) is 3.52. The zero-order valence-corrected chi connectivity index (χ0v) is 12.3. The van der Waals surface area contributed by atoms with Gasteiger partial charge in [0.05, 0.1) is 0 Å². The second kappa shape index (κ2) is 5.62. The van der Waals surface area contributed by atoms with Crippen LogP contribution in [0.15, 0.2) is 24.3 Å². The predicted octanol–water partition coefficient (Wildman–Crippen LogP) is 4.46. The van der Waals surface area contributed by atoms with Gasteiger partial charge in [0.15, 0.2) is 0 Å². The summed E-state index contributed by atoms with van der Waals surface area (Å²) in [4.78, 5) is 0. The molecule has 0 bridgehead atoms. The van der Waals surface area contributed by atoms with Crippen LogP contribution in [0.25, 0.3) is 0 Å². The number of halogens is 1. The summed E-state index contributed by atoms with van der Waals surface area (Å²) in [6.07, 6.45) is 4.41. The van der Waals surface area contributed by atoms with E-state index in [2.05, 4.69) is 20.8 Å². The van der Waals surface area contributed by atoms with Crippen LogP contribution in [0.3, 0.4) is 0 Å². The van der Waals surface area contributed by atoms with Crippen LogP contribution in [0, 0.1) is 23.6 Å². The van der Waals surface area contributed by atoms with Gasteiger partial charge in [0.1, 0.15) is 5.82 Å². The third kappa shape index (κ3) is 2.84. The van der Waals surface area contributed by atoms with Crippen LogP contribution in [0.1, 0.15) is 52.0 Å². The molecule has 19 heavy (non-hydrogen) atoms. The van der Waals surface area contributed by atoms with E-state index in [0.29, 0.717) is 11.8 Å². The summed E-state index contributed by atoms with van der Waals surface area (Å²) < 4.78 is 13.5. The first-order chi connectivity index (χ1) is 8.97. The van der Waals surface area contributed by atoms with Gasteiger partial charge in [-0.3, -0.25) is 0 Å². The topological polar surface area (TPSA) is 26.0 Å².